The minimum Gasteiger partial charge on any atom is -0.325 e. The molecule has 1 N–H and O–H groups in total. The number of amides is 1. The van der Waals surface area contributed by atoms with E-state index in [0.717, 1.165) is 27.5 Å². The molecular formula is C18H29N3O3S. The van der Waals surface area contributed by atoms with E-state index in [4.69, 9.17) is 0 Å². The normalized spacial score (nSPS) is 22.2. The van der Waals surface area contributed by atoms with Crippen molar-refractivity contribution < 1.29 is 13.2 Å². The van der Waals surface area contributed by atoms with E-state index in [9.17, 15) is 13.2 Å². The van der Waals surface area contributed by atoms with Gasteiger partial charge in [-0.25, -0.2) is 0 Å². The monoisotopic (exact) mass is 367 g/mol. The maximum absolute atomic E-state index is 12.8. The number of aryl methyl sites for hydroxylation is 1. The van der Waals surface area contributed by atoms with Gasteiger partial charge >= 0.3 is 0 Å². The highest BCUT2D eigenvalue weighted by Crippen LogP contribution is 2.24. The zero-order chi connectivity index (χ0) is 18.8. The number of nitrogens with one attached hydrogen (secondary N) is 1. The molecule has 1 saturated heterocycles. The summed E-state index contributed by atoms with van der Waals surface area (Å²) < 4.78 is 28.1. The maximum Gasteiger partial charge on any atom is 0.282 e. The van der Waals surface area contributed by atoms with Crippen LogP contribution in [0.3, 0.4) is 0 Å². The number of hydrogen-bond acceptors (Lipinski definition) is 3. The van der Waals surface area contributed by atoms with Crippen molar-refractivity contribution in [2.24, 2.45) is 11.8 Å². The molecular weight excluding hydrogens is 338 g/mol. The highest BCUT2D eigenvalue weighted by atomic mass is 32.2. The summed E-state index contributed by atoms with van der Waals surface area (Å²) in [5.74, 6) is 0.323. The molecule has 1 aliphatic rings. The van der Waals surface area contributed by atoms with Gasteiger partial charge in [-0.2, -0.15) is 17.0 Å². The van der Waals surface area contributed by atoms with Crippen molar-refractivity contribution in [2.45, 2.75) is 34.1 Å². The molecule has 0 aromatic heterocycles. The SMILES string of the molecule is Cc1cccc(NC(=O)CN(C)S(=O)(=O)N2C[C@H](C)C[C@@H](C)C2)c1C. The van der Waals surface area contributed by atoms with Crippen LogP contribution in [0.15, 0.2) is 18.2 Å². The molecule has 2 atom stereocenters. The molecule has 6 nitrogen and oxygen atoms in total. The minimum absolute atomic E-state index is 0.199. The lowest BCUT2D eigenvalue weighted by Crippen LogP contribution is -2.49. The Balaban J connectivity index is 2.03. The van der Waals surface area contributed by atoms with Gasteiger partial charge in [-0.15, -0.1) is 0 Å². The average molecular weight is 368 g/mol. The second kappa shape index (κ2) is 7.85. The van der Waals surface area contributed by atoms with Gasteiger partial charge in [0.2, 0.25) is 5.91 Å². The van der Waals surface area contributed by atoms with Crippen LogP contribution in [0.4, 0.5) is 5.69 Å². The molecule has 1 heterocycles. The van der Waals surface area contributed by atoms with Crippen LogP contribution >= 0.6 is 0 Å². The van der Waals surface area contributed by atoms with Crippen LogP contribution in [0.2, 0.25) is 0 Å². The number of anilines is 1. The molecule has 1 aromatic carbocycles. The van der Waals surface area contributed by atoms with Crippen LogP contribution in [0, 0.1) is 25.7 Å². The Bertz CT molecular complexity index is 723. The summed E-state index contributed by atoms with van der Waals surface area (Å²) >= 11 is 0. The Hall–Kier alpha value is -1.44. The number of rotatable bonds is 5. The predicted octanol–water partition coefficient (Wildman–Crippen LogP) is 2.40. The molecule has 0 unspecified atom stereocenters. The number of carbonyl (C=O) groups is 1. The zero-order valence-corrected chi connectivity index (χ0v) is 16.6. The molecule has 25 heavy (non-hydrogen) atoms. The predicted molar refractivity (Wildman–Crippen MR) is 101 cm³/mol. The first-order chi connectivity index (χ1) is 11.6. The Kier molecular flexibility index (Phi) is 6.24. The summed E-state index contributed by atoms with van der Waals surface area (Å²) in [6, 6.07) is 5.66. The van der Waals surface area contributed by atoms with Gasteiger partial charge in [0.15, 0.2) is 0 Å². The van der Waals surface area contributed by atoms with E-state index in [2.05, 4.69) is 19.2 Å². The topological polar surface area (TPSA) is 69.7 Å². The van der Waals surface area contributed by atoms with Gasteiger partial charge in [0.1, 0.15) is 0 Å². The van der Waals surface area contributed by atoms with Crippen LogP contribution in [-0.4, -0.2) is 49.6 Å². The highest BCUT2D eigenvalue weighted by molar-refractivity contribution is 7.86. The van der Waals surface area contributed by atoms with Crippen LogP contribution in [0.1, 0.15) is 31.4 Å². The lowest BCUT2D eigenvalue weighted by Gasteiger charge is -2.36. The molecule has 7 heteroatoms. The van der Waals surface area contributed by atoms with E-state index >= 15 is 0 Å². The zero-order valence-electron chi connectivity index (χ0n) is 15.7. The largest absolute Gasteiger partial charge is 0.325 e. The molecule has 0 aliphatic carbocycles. The van der Waals surface area contributed by atoms with Crippen molar-refractivity contribution in [2.75, 3.05) is 32.0 Å². The number of carbonyl (C=O) groups excluding carboxylic acids is 1. The Labute approximate surface area is 151 Å². The van der Waals surface area contributed by atoms with Crippen molar-refractivity contribution in [3.63, 3.8) is 0 Å². The molecule has 1 aliphatic heterocycles. The fourth-order valence-corrected chi connectivity index (χ4v) is 4.91. The van der Waals surface area contributed by atoms with Crippen molar-refractivity contribution in [3.05, 3.63) is 29.3 Å². The van der Waals surface area contributed by atoms with Crippen LogP contribution < -0.4 is 5.32 Å². The van der Waals surface area contributed by atoms with E-state index < -0.39 is 10.2 Å². The number of hydrogen-bond donors (Lipinski definition) is 1. The summed E-state index contributed by atoms with van der Waals surface area (Å²) in [7, 11) is -2.17. The quantitative estimate of drug-likeness (QED) is 0.869. The fraction of sp³-hybridized carbons (Fsp3) is 0.611. The van der Waals surface area contributed by atoms with Crippen molar-refractivity contribution in [3.8, 4) is 0 Å². The van der Waals surface area contributed by atoms with Gasteiger partial charge in [-0.1, -0.05) is 26.0 Å². The second-order valence-electron chi connectivity index (χ2n) is 7.32. The van der Waals surface area contributed by atoms with E-state index in [1.165, 1.54) is 11.4 Å². The van der Waals surface area contributed by atoms with E-state index in [0.29, 0.717) is 24.9 Å². The molecule has 1 fully saturated rings. The van der Waals surface area contributed by atoms with Crippen molar-refractivity contribution >= 4 is 21.8 Å². The maximum atomic E-state index is 12.8. The number of benzene rings is 1. The van der Waals surface area contributed by atoms with Crippen molar-refractivity contribution in [1.82, 2.24) is 8.61 Å². The smallest absolute Gasteiger partial charge is 0.282 e. The van der Waals surface area contributed by atoms with Crippen LogP contribution in [0.25, 0.3) is 0 Å². The van der Waals surface area contributed by atoms with Gasteiger partial charge in [0, 0.05) is 25.8 Å². The summed E-state index contributed by atoms with van der Waals surface area (Å²) in [4.78, 5) is 12.3. The Morgan fingerprint density at radius 3 is 2.44 bits per heavy atom. The van der Waals surface area contributed by atoms with E-state index in [1.807, 2.05) is 32.0 Å². The number of nitrogens with zero attached hydrogens (tertiary/aromatic N) is 2. The molecule has 2 rings (SSSR count). The molecule has 1 aromatic rings. The molecule has 140 valence electrons. The highest BCUT2D eigenvalue weighted by Gasteiger charge is 2.33. The second-order valence-corrected chi connectivity index (χ2v) is 9.36. The summed E-state index contributed by atoms with van der Waals surface area (Å²) in [5.41, 5.74) is 2.78. The van der Waals surface area contributed by atoms with Gasteiger partial charge in [0.25, 0.3) is 10.2 Å². The number of likely N-dealkylation sites (N-methyl/N-ethyl adjacent to an activating group) is 1. The third-order valence-corrected chi connectivity index (χ3v) is 6.67. The Morgan fingerprint density at radius 1 is 1.24 bits per heavy atom. The lowest BCUT2D eigenvalue weighted by atomic mass is 9.94. The molecule has 0 radical (unpaired) electrons. The first-order valence-corrected chi connectivity index (χ1v) is 10.1. The fourth-order valence-electron chi connectivity index (χ4n) is 3.35. The first kappa shape index (κ1) is 19.9. The molecule has 0 spiro atoms. The minimum atomic E-state index is -3.63. The lowest BCUT2D eigenvalue weighted by molar-refractivity contribution is -0.116. The third kappa shape index (κ3) is 4.80. The average Bonchev–Trinajstić information content (AvgIpc) is 2.50. The van der Waals surface area contributed by atoms with Crippen molar-refractivity contribution in [1.29, 1.82) is 0 Å². The van der Waals surface area contributed by atoms with E-state index in [1.54, 1.807) is 0 Å². The molecule has 0 saturated carbocycles. The van der Waals surface area contributed by atoms with Gasteiger partial charge < -0.3 is 5.32 Å². The third-order valence-electron chi connectivity index (χ3n) is 4.80. The van der Waals surface area contributed by atoms with Gasteiger partial charge in [-0.3, -0.25) is 4.79 Å². The van der Waals surface area contributed by atoms with Crippen LogP contribution in [0.5, 0.6) is 0 Å². The summed E-state index contributed by atoms with van der Waals surface area (Å²) in [6.07, 6.45) is 1.03. The number of piperidine rings is 1. The van der Waals surface area contributed by atoms with Gasteiger partial charge in [-0.05, 0) is 49.3 Å². The molecule has 1 amide bonds. The summed E-state index contributed by atoms with van der Waals surface area (Å²) in [5, 5.41) is 2.81. The Morgan fingerprint density at radius 2 is 1.84 bits per heavy atom. The standard InChI is InChI=1S/C18H29N3O3S/c1-13-9-14(2)11-21(10-13)25(23,24)20(5)12-18(22)19-17-8-6-7-15(3)16(17)4/h6-8,13-14H,9-12H2,1-5H3,(H,19,22)/t13-,14-/m1/s1. The molecule has 0 bridgehead atoms. The summed E-state index contributed by atoms with van der Waals surface area (Å²) in [6.45, 7) is 8.85. The first-order valence-electron chi connectivity index (χ1n) is 8.68. The van der Waals surface area contributed by atoms with Crippen LogP contribution in [-0.2, 0) is 15.0 Å². The van der Waals surface area contributed by atoms with Gasteiger partial charge in [0.05, 0.1) is 6.54 Å². The van der Waals surface area contributed by atoms with E-state index in [-0.39, 0.29) is 12.5 Å².